The van der Waals surface area contributed by atoms with Crippen LogP contribution in [0.25, 0.3) is 0 Å². The van der Waals surface area contributed by atoms with Crippen molar-refractivity contribution in [2.24, 2.45) is 5.92 Å². The summed E-state index contributed by atoms with van der Waals surface area (Å²) in [6.07, 6.45) is 8.29. The molecule has 1 aromatic rings. The van der Waals surface area contributed by atoms with Crippen molar-refractivity contribution in [2.45, 2.75) is 26.2 Å². The Morgan fingerprint density at radius 3 is 2.67 bits per heavy atom. The Labute approximate surface area is 109 Å². The van der Waals surface area contributed by atoms with Gasteiger partial charge in [-0.05, 0) is 30.5 Å². The van der Waals surface area contributed by atoms with Gasteiger partial charge in [0.2, 0.25) is 0 Å². The maximum Gasteiger partial charge on any atom is 0.123 e. The van der Waals surface area contributed by atoms with E-state index in [1.807, 2.05) is 24.3 Å². The molecule has 0 saturated carbocycles. The summed E-state index contributed by atoms with van der Waals surface area (Å²) in [5, 5.41) is 0. The van der Waals surface area contributed by atoms with E-state index in [9.17, 15) is 4.39 Å². The first-order valence-electron chi connectivity index (χ1n) is 6.26. The van der Waals surface area contributed by atoms with Gasteiger partial charge in [0.05, 0.1) is 0 Å². The normalized spacial score (nSPS) is 11.9. The molecule has 1 heteroatoms. The quantitative estimate of drug-likeness (QED) is 0.525. The van der Waals surface area contributed by atoms with Gasteiger partial charge in [0.15, 0.2) is 0 Å². The average molecular weight is 242 g/mol. The SMILES string of the molecule is C=C/C=C\CC#CC(CC)Cc1ccc(F)cc1. The Hall–Kier alpha value is -1.81. The van der Waals surface area contributed by atoms with Crippen LogP contribution in [0.4, 0.5) is 4.39 Å². The minimum atomic E-state index is -0.188. The van der Waals surface area contributed by atoms with Gasteiger partial charge in [0, 0.05) is 12.3 Å². The lowest BCUT2D eigenvalue weighted by Gasteiger charge is -2.07. The molecule has 0 bridgehead atoms. The fourth-order valence-electron chi connectivity index (χ4n) is 1.63. The van der Waals surface area contributed by atoms with Crippen LogP contribution in [0.3, 0.4) is 0 Å². The summed E-state index contributed by atoms with van der Waals surface area (Å²) >= 11 is 0. The summed E-state index contributed by atoms with van der Waals surface area (Å²) in [5.41, 5.74) is 1.14. The van der Waals surface area contributed by atoms with Crippen molar-refractivity contribution in [3.63, 3.8) is 0 Å². The van der Waals surface area contributed by atoms with E-state index in [1.54, 1.807) is 6.08 Å². The minimum absolute atomic E-state index is 0.188. The predicted octanol–water partition coefficient (Wildman–Crippen LogP) is 4.53. The van der Waals surface area contributed by atoms with Crippen LogP contribution in [0.15, 0.2) is 49.1 Å². The van der Waals surface area contributed by atoms with Crippen molar-refractivity contribution in [1.29, 1.82) is 0 Å². The van der Waals surface area contributed by atoms with Crippen molar-refractivity contribution >= 4 is 0 Å². The fourth-order valence-corrected chi connectivity index (χ4v) is 1.63. The molecule has 94 valence electrons. The molecule has 0 aliphatic carbocycles. The van der Waals surface area contributed by atoms with Crippen molar-refractivity contribution in [3.8, 4) is 11.8 Å². The van der Waals surface area contributed by atoms with E-state index in [1.165, 1.54) is 12.1 Å². The number of rotatable bonds is 5. The summed E-state index contributed by atoms with van der Waals surface area (Å²) in [5.74, 6) is 6.56. The van der Waals surface area contributed by atoms with E-state index >= 15 is 0 Å². The van der Waals surface area contributed by atoms with Crippen LogP contribution in [-0.4, -0.2) is 0 Å². The lowest BCUT2D eigenvalue weighted by Crippen LogP contribution is -2.00. The number of hydrogen-bond donors (Lipinski definition) is 0. The Kier molecular flexibility index (Phi) is 6.58. The van der Waals surface area contributed by atoms with Crippen molar-refractivity contribution in [2.75, 3.05) is 0 Å². The summed E-state index contributed by atoms with van der Waals surface area (Å²) < 4.78 is 12.8. The molecule has 0 aliphatic rings. The van der Waals surface area contributed by atoms with Crippen molar-refractivity contribution < 1.29 is 4.39 Å². The van der Waals surface area contributed by atoms with Gasteiger partial charge in [-0.2, -0.15) is 0 Å². The standard InChI is InChI=1S/C17H19F/c1-3-5-6-7-8-9-15(4-2)14-16-10-12-17(18)13-11-16/h3,5-6,10-13,15H,1,4,7,14H2,2H3/b6-5-. The molecule has 0 heterocycles. The van der Waals surface area contributed by atoms with E-state index in [0.29, 0.717) is 5.92 Å². The molecule has 1 aromatic carbocycles. The van der Waals surface area contributed by atoms with Gasteiger partial charge in [0.25, 0.3) is 0 Å². The fraction of sp³-hybridized carbons (Fsp3) is 0.294. The lowest BCUT2D eigenvalue weighted by atomic mass is 9.97. The molecule has 0 aliphatic heterocycles. The number of benzene rings is 1. The van der Waals surface area contributed by atoms with Crippen molar-refractivity contribution in [1.82, 2.24) is 0 Å². The van der Waals surface area contributed by atoms with Crippen LogP contribution in [-0.2, 0) is 6.42 Å². The molecule has 1 unspecified atom stereocenters. The second kappa shape index (κ2) is 8.31. The van der Waals surface area contributed by atoms with Crippen LogP contribution < -0.4 is 0 Å². The van der Waals surface area contributed by atoms with Crippen LogP contribution in [0.2, 0.25) is 0 Å². The zero-order chi connectivity index (χ0) is 13.2. The summed E-state index contributed by atoms with van der Waals surface area (Å²) in [6, 6.07) is 6.67. The molecule has 0 N–H and O–H groups in total. The molecule has 0 spiro atoms. The third-order valence-electron chi connectivity index (χ3n) is 2.69. The Bertz CT molecular complexity index is 443. The van der Waals surface area contributed by atoms with Crippen LogP contribution in [0.5, 0.6) is 0 Å². The first-order valence-corrected chi connectivity index (χ1v) is 6.26. The van der Waals surface area contributed by atoms with Crippen LogP contribution in [0, 0.1) is 23.6 Å². The predicted molar refractivity (Wildman–Crippen MR) is 75.6 cm³/mol. The molecule has 0 nitrogen and oxygen atoms in total. The summed E-state index contributed by atoms with van der Waals surface area (Å²) in [7, 11) is 0. The van der Waals surface area contributed by atoms with E-state index < -0.39 is 0 Å². The van der Waals surface area contributed by atoms with Gasteiger partial charge in [0.1, 0.15) is 5.82 Å². The molecule has 0 aromatic heterocycles. The second-order valence-corrected chi connectivity index (χ2v) is 4.12. The monoisotopic (exact) mass is 242 g/mol. The summed E-state index contributed by atoms with van der Waals surface area (Å²) in [6.45, 7) is 5.73. The minimum Gasteiger partial charge on any atom is -0.207 e. The highest BCUT2D eigenvalue weighted by Crippen LogP contribution is 2.12. The smallest absolute Gasteiger partial charge is 0.123 e. The first kappa shape index (κ1) is 14.3. The van der Waals surface area contributed by atoms with E-state index in [4.69, 9.17) is 0 Å². The van der Waals surface area contributed by atoms with E-state index in [0.717, 1.165) is 24.8 Å². The maximum atomic E-state index is 12.8. The van der Waals surface area contributed by atoms with Crippen LogP contribution >= 0.6 is 0 Å². The van der Waals surface area contributed by atoms with Crippen molar-refractivity contribution in [3.05, 3.63) is 60.5 Å². The van der Waals surface area contributed by atoms with Gasteiger partial charge in [-0.1, -0.05) is 55.7 Å². The molecule has 1 atom stereocenters. The molecule has 0 radical (unpaired) electrons. The Morgan fingerprint density at radius 2 is 2.06 bits per heavy atom. The molecule has 0 saturated heterocycles. The average Bonchev–Trinajstić information content (AvgIpc) is 2.39. The van der Waals surface area contributed by atoms with Gasteiger partial charge < -0.3 is 0 Å². The molecule has 0 amide bonds. The zero-order valence-corrected chi connectivity index (χ0v) is 10.8. The number of allylic oxidation sites excluding steroid dienone is 3. The molecule has 1 rings (SSSR count). The zero-order valence-electron chi connectivity index (χ0n) is 10.8. The second-order valence-electron chi connectivity index (χ2n) is 4.12. The Morgan fingerprint density at radius 1 is 1.33 bits per heavy atom. The molecular formula is C17H19F. The van der Waals surface area contributed by atoms with Gasteiger partial charge in [-0.25, -0.2) is 4.39 Å². The number of halogens is 1. The highest BCUT2D eigenvalue weighted by molar-refractivity contribution is 5.19. The maximum absolute atomic E-state index is 12.8. The van der Waals surface area contributed by atoms with Gasteiger partial charge in [-0.3, -0.25) is 0 Å². The third kappa shape index (κ3) is 5.50. The summed E-state index contributed by atoms with van der Waals surface area (Å²) in [4.78, 5) is 0. The van der Waals surface area contributed by atoms with E-state index in [-0.39, 0.29) is 5.82 Å². The molecule has 18 heavy (non-hydrogen) atoms. The molecule has 0 fully saturated rings. The highest BCUT2D eigenvalue weighted by atomic mass is 19.1. The highest BCUT2D eigenvalue weighted by Gasteiger charge is 2.03. The molecular weight excluding hydrogens is 223 g/mol. The van der Waals surface area contributed by atoms with E-state index in [2.05, 4.69) is 25.3 Å². The first-order chi connectivity index (χ1) is 8.76. The topological polar surface area (TPSA) is 0 Å². The van der Waals surface area contributed by atoms with Crippen LogP contribution in [0.1, 0.15) is 25.3 Å². The lowest BCUT2D eigenvalue weighted by molar-refractivity contribution is 0.621. The van der Waals surface area contributed by atoms with Gasteiger partial charge in [-0.15, -0.1) is 0 Å². The Balaban J connectivity index is 2.53. The number of hydrogen-bond acceptors (Lipinski definition) is 0. The third-order valence-corrected chi connectivity index (χ3v) is 2.69. The van der Waals surface area contributed by atoms with Gasteiger partial charge >= 0.3 is 0 Å². The largest absolute Gasteiger partial charge is 0.207 e.